The van der Waals surface area contributed by atoms with Gasteiger partial charge in [0.15, 0.2) is 0 Å². The van der Waals surface area contributed by atoms with Crippen molar-refractivity contribution in [3.8, 4) is 0 Å². The molecule has 18 heavy (non-hydrogen) atoms. The van der Waals surface area contributed by atoms with E-state index in [0.29, 0.717) is 0 Å². The maximum absolute atomic E-state index is 11.3. The fraction of sp³-hybridized carbons (Fsp3) is 0.714. The number of carbonyl (C=O) groups is 1. The van der Waals surface area contributed by atoms with Crippen LogP contribution in [0.1, 0.15) is 41.8 Å². The van der Waals surface area contributed by atoms with Gasteiger partial charge in [-0.3, -0.25) is 4.79 Å². The van der Waals surface area contributed by atoms with Crippen molar-refractivity contribution in [3.05, 3.63) is 15.6 Å². The number of carbonyl (C=O) groups excluding carboxylic acids is 1. The molecule has 2 aliphatic rings. The molecule has 0 aromatic carbocycles. The maximum Gasteiger partial charge on any atom is 0.219 e. The quantitative estimate of drug-likeness (QED) is 0.822. The summed E-state index contributed by atoms with van der Waals surface area (Å²) in [6.45, 7) is 3.54. The van der Waals surface area contributed by atoms with Crippen molar-refractivity contribution in [2.24, 2.45) is 5.92 Å². The van der Waals surface area contributed by atoms with Crippen LogP contribution in [0.15, 0.2) is 0 Å². The summed E-state index contributed by atoms with van der Waals surface area (Å²) < 4.78 is 0. The van der Waals surface area contributed by atoms with Crippen molar-refractivity contribution in [1.82, 2.24) is 9.88 Å². The molecule has 0 bridgehead atoms. The lowest BCUT2D eigenvalue weighted by Crippen LogP contribution is -2.37. The summed E-state index contributed by atoms with van der Waals surface area (Å²) in [7, 11) is 0. The second-order valence-electron chi connectivity index (χ2n) is 5.48. The Morgan fingerprint density at radius 1 is 1.39 bits per heavy atom. The number of thiazole rings is 1. The number of hydrogen-bond donors (Lipinski definition) is 0. The Bertz CT molecular complexity index is 425. The van der Waals surface area contributed by atoms with Gasteiger partial charge in [-0.05, 0) is 38.0 Å². The average Bonchev–Trinajstić information content (AvgIpc) is 2.90. The summed E-state index contributed by atoms with van der Waals surface area (Å²) in [4.78, 5) is 19.6. The van der Waals surface area contributed by atoms with E-state index in [1.807, 2.05) is 16.2 Å². The zero-order valence-corrected chi connectivity index (χ0v) is 11.8. The smallest absolute Gasteiger partial charge is 0.219 e. The molecule has 0 radical (unpaired) electrons. The highest BCUT2D eigenvalue weighted by molar-refractivity contribution is 7.11. The van der Waals surface area contributed by atoms with Gasteiger partial charge in [-0.1, -0.05) is 0 Å². The largest absolute Gasteiger partial charge is 0.343 e. The monoisotopic (exact) mass is 264 g/mol. The van der Waals surface area contributed by atoms with E-state index in [9.17, 15) is 4.79 Å². The predicted octanol–water partition coefficient (Wildman–Crippen LogP) is 2.43. The van der Waals surface area contributed by atoms with Gasteiger partial charge in [0.25, 0.3) is 0 Å². The minimum Gasteiger partial charge on any atom is -0.343 e. The number of nitrogens with zero attached hydrogens (tertiary/aromatic N) is 2. The fourth-order valence-corrected chi connectivity index (χ4v) is 4.30. The summed E-state index contributed by atoms with van der Waals surface area (Å²) in [5.41, 5.74) is 1.37. The van der Waals surface area contributed by atoms with Crippen molar-refractivity contribution >= 4 is 17.2 Å². The summed E-state index contributed by atoms with van der Waals surface area (Å²) in [6.07, 6.45) is 7.15. The molecule has 1 aliphatic carbocycles. The van der Waals surface area contributed by atoms with E-state index < -0.39 is 0 Å². The Morgan fingerprint density at radius 2 is 2.17 bits per heavy atom. The van der Waals surface area contributed by atoms with Crippen LogP contribution in [0.4, 0.5) is 0 Å². The van der Waals surface area contributed by atoms with Gasteiger partial charge in [0, 0.05) is 31.3 Å². The van der Waals surface area contributed by atoms with E-state index in [1.54, 1.807) is 6.92 Å². The molecule has 0 spiro atoms. The van der Waals surface area contributed by atoms with Crippen molar-refractivity contribution in [2.75, 3.05) is 13.1 Å². The van der Waals surface area contributed by atoms with Gasteiger partial charge < -0.3 is 4.90 Å². The van der Waals surface area contributed by atoms with Gasteiger partial charge in [-0.2, -0.15) is 0 Å². The van der Waals surface area contributed by atoms with E-state index in [2.05, 4.69) is 0 Å². The van der Waals surface area contributed by atoms with Crippen LogP contribution in [-0.2, 0) is 24.1 Å². The van der Waals surface area contributed by atoms with Crippen LogP contribution in [0, 0.1) is 5.92 Å². The lowest BCUT2D eigenvalue weighted by Gasteiger charge is -2.30. The van der Waals surface area contributed by atoms with Crippen LogP contribution < -0.4 is 0 Å². The third-order valence-corrected chi connectivity index (χ3v) is 5.34. The lowest BCUT2D eigenvalue weighted by atomic mass is 9.94. The zero-order chi connectivity index (χ0) is 12.5. The number of rotatable bonds is 2. The second-order valence-corrected chi connectivity index (χ2v) is 6.65. The number of likely N-dealkylation sites (tertiary alicyclic amines) is 1. The number of piperidine rings is 1. The van der Waals surface area contributed by atoms with E-state index in [-0.39, 0.29) is 5.91 Å². The molecule has 4 heteroatoms. The summed E-state index contributed by atoms with van der Waals surface area (Å²) >= 11 is 1.93. The summed E-state index contributed by atoms with van der Waals surface area (Å²) in [5.74, 6) is 0.952. The Labute approximate surface area is 112 Å². The molecule has 0 atom stereocenters. The highest BCUT2D eigenvalue weighted by atomic mass is 32.1. The van der Waals surface area contributed by atoms with Crippen LogP contribution in [0.3, 0.4) is 0 Å². The molecule has 1 saturated heterocycles. The van der Waals surface area contributed by atoms with Gasteiger partial charge in [0.1, 0.15) is 0 Å². The molecule has 0 N–H and O–H groups in total. The molecule has 1 aliphatic heterocycles. The Morgan fingerprint density at radius 3 is 2.83 bits per heavy atom. The van der Waals surface area contributed by atoms with E-state index in [4.69, 9.17) is 4.98 Å². The lowest BCUT2D eigenvalue weighted by molar-refractivity contribution is -0.130. The number of aromatic nitrogens is 1. The summed E-state index contributed by atoms with van der Waals surface area (Å²) in [6, 6.07) is 0. The van der Waals surface area contributed by atoms with Crippen LogP contribution in [0.2, 0.25) is 0 Å². The Balaban J connectivity index is 1.56. The van der Waals surface area contributed by atoms with Crippen molar-refractivity contribution in [2.45, 2.75) is 45.4 Å². The van der Waals surface area contributed by atoms with Gasteiger partial charge in [0.2, 0.25) is 5.91 Å². The number of amides is 1. The molecular formula is C14H20N2OS. The molecule has 2 heterocycles. The molecule has 3 rings (SSSR count). The molecule has 0 saturated carbocycles. The number of hydrogen-bond acceptors (Lipinski definition) is 3. The first-order chi connectivity index (χ1) is 8.72. The molecular weight excluding hydrogens is 244 g/mol. The number of aryl methyl sites for hydroxylation is 2. The van der Waals surface area contributed by atoms with Gasteiger partial charge in [0.05, 0.1) is 10.7 Å². The Kier molecular flexibility index (Phi) is 3.37. The standard InChI is InChI=1S/C14H20N2OS/c1-10(17)16-7-5-11(6-8-16)9-14-15-12-3-2-4-13(12)18-14/h11H,2-9H2,1H3. The van der Waals surface area contributed by atoms with E-state index in [0.717, 1.165) is 38.3 Å². The van der Waals surface area contributed by atoms with Crippen molar-refractivity contribution in [1.29, 1.82) is 0 Å². The average molecular weight is 264 g/mol. The first kappa shape index (κ1) is 12.2. The van der Waals surface area contributed by atoms with Crippen molar-refractivity contribution in [3.63, 3.8) is 0 Å². The van der Waals surface area contributed by atoms with Gasteiger partial charge >= 0.3 is 0 Å². The first-order valence-electron chi connectivity index (χ1n) is 6.95. The normalized spacial score (nSPS) is 20.2. The topological polar surface area (TPSA) is 33.2 Å². The summed E-state index contributed by atoms with van der Waals surface area (Å²) in [5, 5.41) is 1.33. The van der Waals surface area contributed by atoms with Gasteiger partial charge in [-0.15, -0.1) is 11.3 Å². The zero-order valence-electron chi connectivity index (χ0n) is 10.9. The minimum atomic E-state index is 0.224. The van der Waals surface area contributed by atoms with Crippen LogP contribution in [0.5, 0.6) is 0 Å². The van der Waals surface area contributed by atoms with Gasteiger partial charge in [-0.25, -0.2) is 4.98 Å². The van der Waals surface area contributed by atoms with Crippen LogP contribution in [0.25, 0.3) is 0 Å². The molecule has 1 amide bonds. The first-order valence-corrected chi connectivity index (χ1v) is 7.77. The molecule has 1 aromatic heterocycles. The third kappa shape index (κ3) is 2.44. The van der Waals surface area contributed by atoms with Crippen LogP contribution in [-0.4, -0.2) is 28.9 Å². The fourth-order valence-electron chi connectivity index (χ4n) is 3.03. The predicted molar refractivity (Wildman–Crippen MR) is 72.8 cm³/mol. The third-order valence-electron chi connectivity index (χ3n) is 4.16. The molecule has 3 nitrogen and oxygen atoms in total. The highest BCUT2D eigenvalue weighted by Gasteiger charge is 2.23. The van der Waals surface area contributed by atoms with E-state index in [1.165, 1.54) is 34.8 Å². The number of fused-ring (bicyclic) bond motifs is 1. The molecule has 0 unspecified atom stereocenters. The molecule has 1 fully saturated rings. The molecule has 98 valence electrons. The van der Waals surface area contributed by atoms with Crippen molar-refractivity contribution < 1.29 is 4.79 Å². The van der Waals surface area contributed by atoms with E-state index >= 15 is 0 Å². The maximum atomic E-state index is 11.3. The minimum absolute atomic E-state index is 0.224. The molecule has 1 aromatic rings. The Hall–Kier alpha value is -0.900. The SMILES string of the molecule is CC(=O)N1CCC(Cc2nc3c(s2)CCC3)CC1. The highest BCUT2D eigenvalue weighted by Crippen LogP contribution is 2.30. The van der Waals surface area contributed by atoms with Crippen LogP contribution >= 0.6 is 11.3 Å². The second kappa shape index (κ2) is 5.00.